The first-order valence-corrected chi connectivity index (χ1v) is 11.4. The largest absolute Gasteiger partial charge is 0.507 e. The van der Waals surface area contributed by atoms with E-state index in [4.69, 9.17) is 18.9 Å². The van der Waals surface area contributed by atoms with Gasteiger partial charge in [0.25, 0.3) is 11.7 Å². The van der Waals surface area contributed by atoms with Crippen LogP contribution in [0.3, 0.4) is 0 Å². The van der Waals surface area contributed by atoms with Crippen molar-refractivity contribution in [1.29, 1.82) is 0 Å². The summed E-state index contributed by atoms with van der Waals surface area (Å²) >= 11 is 0. The maximum Gasteiger partial charge on any atom is 0.337 e. The highest BCUT2D eigenvalue weighted by Gasteiger charge is 2.46. The number of hydrogen-bond donors (Lipinski definition) is 1. The molecule has 9 nitrogen and oxygen atoms in total. The molecular weight excluding hydrogens is 478 g/mol. The highest BCUT2D eigenvalue weighted by atomic mass is 16.7. The van der Waals surface area contributed by atoms with Crippen LogP contribution in [0.1, 0.15) is 33.1 Å². The molecule has 1 fully saturated rings. The normalized spacial score (nSPS) is 17.7. The van der Waals surface area contributed by atoms with E-state index in [0.717, 1.165) is 0 Å². The van der Waals surface area contributed by atoms with Crippen LogP contribution in [0.5, 0.6) is 17.2 Å². The standard InChI is InChI=1S/C28H23NO8/c1-34-20-10-7-17(8-11-20)24-23(25(30)19-9-12-21-22(13-19)37-15-36-21)26(31)27(32)29(24)14-16-3-5-18(6-4-16)28(33)35-2/h3-13,24,30H,14-15H2,1-2H3/b25-23-. The first kappa shape index (κ1) is 23.9. The van der Waals surface area contributed by atoms with Gasteiger partial charge in [-0.2, -0.15) is 0 Å². The van der Waals surface area contributed by atoms with Crippen molar-refractivity contribution in [3.8, 4) is 17.2 Å². The molecular formula is C28H23NO8. The average Bonchev–Trinajstić information content (AvgIpc) is 3.50. The van der Waals surface area contributed by atoms with Crippen LogP contribution in [0.15, 0.2) is 72.3 Å². The fourth-order valence-corrected chi connectivity index (χ4v) is 4.44. The molecule has 0 aromatic heterocycles. The summed E-state index contributed by atoms with van der Waals surface area (Å²) in [5.74, 6) is -0.781. The van der Waals surface area contributed by atoms with Gasteiger partial charge >= 0.3 is 5.97 Å². The Bertz CT molecular complexity index is 1410. The Hall–Kier alpha value is -4.79. The fraction of sp³-hybridized carbons (Fsp3) is 0.179. The molecule has 2 aliphatic heterocycles. The Morgan fingerprint density at radius 1 is 0.946 bits per heavy atom. The lowest BCUT2D eigenvalue weighted by molar-refractivity contribution is -0.140. The number of aliphatic hydroxyl groups excluding tert-OH is 1. The molecule has 0 radical (unpaired) electrons. The summed E-state index contributed by atoms with van der Waals surface area (Å²) in [5.41, 5.74) is 1.95. The first-order chi connectivity index (χ1) is 17.9. The molecule has 1 N–H and O–H groups in total. The van der Waals surface area contributed by atoms with E-state index in [2.05, 4.69) is 0 Å². The van der Waals surface area contributed by atoms with E-state index in [0.29, 0.717) is 39.5 Å². The highest BCUT2D eigenvalue weighted by molar-refractivity contribution is 6.46. The van der Waals surface area contributed by atoms with Crippen molar-refractivity contribution in [3.05, 3.63) is 94.6 Å². The summed E-state index contributed by atoms with van der Waals surface area (Å²) in [6, 6.07) is 17.4. The molecule has 188 valence electrons. The molecule has 3 aromatic rings. The van der Waals surface area contributed by atoms with Crippen LogP contribution in [0.25, 0.3) is 5.76 Å². The lowest BCUT2D eigenvalue weighted by Crippen LogP contribution is -2.29. The van der Waals surface area contributed by atoms with Gasteiger partial charge in [0, 0.05) is 12.1 Å². The van der Waals surface area contributed by atoms with Gasteiger partial charge in [0.1, 0.15) is 11.5 Å². The van der Waals surface area contributed by atoms with E-state index >= 15 is 0 Å². The number of ketones is 1. The number of nitrogens with zero attached hydrogens (tertiary/aromatic N) is 1. The van der Waals surface area contributed by atoms with Crippen LogP contribution in [0.2, 0.25) is 0 Å². The smallest absolute Gasteiger partial charge is 0.337 e. The molecule has 0 bridgehead atoms. The molecule has 9 heteroatoms. The zero-order valence-corrected chi connectivity index (χ0v) is 20.1. The van der Waals surface area contributed by atoms with Gasteiger partial charge in [-0.1, -0.05) is 24.3 Å². The predicted molar refractivity (Wildman–Crippen MR) is 131 cm³/mol. The Morgan fingerprint density at radius 2 is 1.62 bits per heavy atom. The molecule has 1 unspecified atom stereocenters. The van der Waals surface area contributed by atoms with Crippen LogP contribution < -0.4 is 14.2 Å². The zero-order chi connectivity index (χ0) is 26.1. The van der Waals surface area contributed by atoms with Gasteiger partial charge in [-0.05, 0) is 53.6 Å². The fourth-order valence-electron chi connectivity index (χ4n) is 4.44. The molecule has 2 aliphatic rings. The molecule has 37 heavy (non-hydrogen) atoms. The van der Waals surface area contributed by atoms with Gasteiger partial charge < -0.3 is 29.0 Å². The van der Waals surface area contributed by atoms with Crippen molar-refractivity contribution in [1.82, 2.24) is 4.90 Å². The maximum absolute atomic E-state index is 13.3. The van der Waals surface area contributed by atoms with Crippen molar-refractivity contribution in [3.63, 3.8) is 0 Å². The monoisotopic (exact) mass is 501 g/mol. The van der Waals surface area contributed by atoms with Gasteiger partial charge in [-0.25, -0.2) is 4.79 Å². The predicted octanol–water partition coefficient (Wildman–Crippen LogP) is 3.83. The van der Waals surface area contributed by atoms with E-state index in [-0.39, 0.29) is 24.7 Å². The summed E-state index contributed by atoms with van der Waals surface area (Å²) in [6.45, 7) is 0.130. The molecule has 2 heterocycles. The number of carbonyl (C=O) groups is 3. The molecule has 1 saturated heterocycles. The molecule has 0 spiro atoms. The number of hydrogen-bond acceptors (Lipinski definition) is 8. The highest BCUT2D eigenvalue weighted by Crippen LogP contribution is 2.42. The van der Waals surface area contributed by atoms with Crippen LogP contribution in [0.4, 0.5) is 0 Å². The number of methoxy groups -OCH3 is 2. The topological polar surface area (TPSA) is 112 Å². The minimum Gasteiger partial charge on any atom is -0.507 e. The van der Waals surface area contributed by atoms with Crippen molar-refractivity contribution in [2.45, 2.75) is 12.6 Å². The lowest BCUT2D eigenvalue weighted by Gasteiger charge is -2.25. The summed E-state index contributed by atoms with van der Waals surface area (Å²) in [4.78, 5) is 39.7. The lowest BCUT2D eigenvalue weighted by atomic mass is 9.95. The van der Waals surface area contributed by atoms with Crippen molar-refractivity contribution in [2.75, 3.05) is 21.0 Å². The Balaban J connectivity index is 1.57. The van der Waals surface area contributed by atoms with Gasteiger partial charge in [-0.3, -0.25) is 9.59 Å². The number of carbonyl (C=O) groups excluding carboxylic acids is 3. The van der Waals surface area contributed by atoms with Crippen molar-refractivity contribution < 1.29 is 38.4 Å². The van der Waals surface area contributed by atoms with E-state index in [1.54, 1.807) is 73.8 Å². The van der Waals surface area contributed by atoms with E-state index in [9.17, 15) is 19.5 Å². The van der Waals surface area contributed by atoms with E-state index in [1.165, 1.54) is 12.0 Å². The van der Waals surface area contributed by atoms with Crippen molar-refractivity contribution in [2.24, 2.45) is 0 Å². The second kappa shape index (κ2) is 9.69. The van der Waals surface area contributed by atoms with Gasteiger partial charge in [0.15, 0.2) is 11.5 Å². The minimum absolute atomic E-state index is 0.0415. The van der Waals surface area contributed by atoms with E-state index < -0.39 is 23.7 Å². The third kappa shape index (κ3) is 4.35. The first-order valence-electron chi connectivity index (χ1n) is 11.4. The van der Waals surface area contributed by atoms with Crippen molar-refractivity contribution >= 4 is 23.4 Å². The molecule has 1 atom stereocenters. The van der Waals surface area contributed by atoms with Gasteiger partial charge in [0.05, 0.1) is 31.4 Å². The Labute approximate surface area is 212 Å². The second-order valence-electron chi connectivity index (χ2n) is 8.46. The summed E-state index contributed by atoms with van der Waals surface area (Å²) < 4.78 is 20.7. The SMILES string of the molecule is COC(=O)c1ccc(CN2C(=O)C(=O)/C(=C(\O)c3ccc4c(c3)OCO4)C2c2ccc(OC)cc2)cc1. The third-order valence-corrected chi connectivity index (χ3v) is 6.35. The van der Waals surface area contributed by atoms with Gasteiger partial charge in [0.2, 0.25) is 6.79 Å². The number of fused-ring (bicyclic) bond motifs is 1. The van der Waals surface area contributed by atoms with Crippen LogP contribution >= 0.6 is 0 Å². The quantitative estimate of drug-likeness (QED) is 0.235. The number of rotatable bonds is 6. The summed E-state index contributed by atoms with van der Waals surface area (Å²) in [5, 5.41) is 11.3. The minimum atomic E-state index is -0.864. The molecule has 3 aromatic carbocycles. The van der Waals surface area contributed by atoms with Crippen LogP contribution in [-0.4, -0.2) is 48.7 Å². The number of Topliss-reactive ketones (excluding diaryl/α,β-unsaturated/α-hetero) is 1. The number of likely N-dealkylation sites (tertiary alicyclic amines) is 1. The Morgan fingerprint density at radius 3 is 2.30 bits per heavy atom. The number of aliphatic hydroxyl groups is 1. The van der Waals surface area contributed by atoms with E-state index in [1.807, 2.05) is 0 Å². The molecule has 5 rings (SSSR count). The number of ether oxygens (including phenoxy) is 4. The zero-order valence-electron chi connectivity index (χ0n) is 20.1. The molecule has 1 amide bonds. The summed E-state index contributed by atoms with van der Waals surface area (Å²) in [7, 11) is 2.84. The van der Waals surface area contributed by atoms with Gasteiger partial charge in [-0.15, -0.1) is 0 Å². The van der Waals surface area contributed by atoms with Crippen LogP contribution in [0, 0.1) is 0 Å². The third-order valence-electron chi connectivity index (χ3n) is 6.35. The average molecular weight is 501 g/mol. The second-order valence-corrected chi connectivity index (χ2v) is 8.46. The Kier molecular flexibility index (Phi) is 6.27. The number of benzene rings is 3. The van der Waals surface area contributed by atoms with Crippen LogP contribution in [-0.2, 0) is 20.9 Å². The molecule has 0 aliphatic carbocycles. The summed E-state index contributed by atoms with van der Waals surface area (Å²) in [6.07, 6.45) is 0. The number of esters is 1. The maximum atomic E-state index is 13.3. The molecule has 0 saturated carbocycles. The number of amides is 1.